The van der Waals surface area contributed by atoms with Gasteiger partial charge in [-0.05, 0) is 41.7 Å². The summed E-state index contributed by atoms with van der Waals surface area (Å²) in [6.07, 6.45) is 0.589. The second-order valence-corrected chi connectivity index (χ2v) is 9.17. The molecule has 6 nitrogen and oxygen atoms in total. The summed E-state index contributed by atoms with van der Waals surface area (Å²) in [6, 6.07) is 24.5. The van der Waals surface area contributed by atoms with Crippen LogP contribution in [0.15, 0.2) is 78.9 Å². The zero-order chi connectivity index (χ0) is 23.7. The minimum Gasteiger partial charge on any atom is -0.344 e. The van der Waals surface area contributed by atoms with Gasteiger partial charge >= 0.3 is 0 Å². The van der Waals surface area contributed by atoms with Crippen LogP contribution in [0.25, 0.3) is 11.0 Å². The van der Waals surface area contributed by atoms with E-state index in [1.165, 1.54) is 0 Å². The number of hydrogen-bond acceptors (Lipinski definition) is 3. The molecule has 2 N–H and O–H groups in total. The number of fused-ring (bicyclic) bond motifs is 2. The van der Waals surface area contributed by atoms with Crippen LogP contribution >= 0.6 is 0 Å². The number of imidazole rings is 1. The number of nitrogens with one attached hydrogen (secondary N) is 2. The third-order valence-corrected chi connectivity index (χ3v) is 6.42. The van der Waals surface area contributed by atoms with Gasteiger partial charge in [0, 0.05) is 12.1 Å². The van der Waals surface area contributed by atoms with E-state index < -0.39 is 6.04 Å². The molecular weight excluding hydrogens is 424 g/mol. The molecule has 0 saturated carbocycles. The molecule has 1 aliphatic heterocycles. The summed E-state index contributed by atoms with van der Waals surface area (Å²) in [5, 5.41) is 3.22. The van der Waals surface area contributed by atoms with Crippen molar-refractivity contribution in [2.24, 2.45) is 5.92 Å². The molecule has 0 radical (unpaired) electrons. The molecule has 1 aromatic heterocycles. The van der Waals surface area contributed by atoms with E-state index in [0.717, 1.165) is 22.2 Å². The molecule has 0 spiro atoms. The Bertz CT molecular complexity index is 1300. The van der Waals surface area contributed by atoms with Crippen molar-refractivity contribution in [1.82, 2.24) is 20.2 Å². The molecule has 0 saturated heterocycles. The van der Waals surface area contributed by atoms with Gasteiger partial charge in [0.1, 0.15) is 11.9 Å². The summed E-state index contributed by atoms with van der Waals surface area (Å²) in [5.74, 6) is 0.397. The van der Waals surface area contributed by atoms with Gasteiger partial charge in [-0.3, -0.25) is 9.59 Å². The van der Waals surface area contributed by atoms with Crippen LogP contribution in [-0.2, 0) is 17.8 Å². The van der Waals surface area contributed by atoms with Crippen LogP contribution in [0, 0.1) is 5.92 Å². The second-order valence-electron chi connectivity index (χ2n) is 9.17. The summed E-state index contributed by atoms with van der Waals surface area (Å²) >= 11 is 0. The number of para-hydroxylation sites is 2. The highest BCUT2D eigenvalue weighted by atomic mass is 16.2. The predicted molar refractivity (Wildman–Crippen MR) is 132 cm³/mol. The summed E-state index contributed by atoms with van der Waals surface area (Å²) in [4.78, 5) is 36.7. The van der Waals surface area contributed by atoms with E-state index in [9.17, 15) is 9.59 Å². The van der Waals surface area contributed by atoms with Crippen molar-refractivity contribution in [3.05, 3.63) is 101 Å². The standard InChI is InChI=1S/C28H28N4O2/c1-18(2)25(32-17-20-12-6-7-13-21(20)28(32)34)27(33)31-24(16-19-10-4-3-5-11-19)26-29-22-14-8-9-15-23(22)30-26/h3-15,18,24-25H,16-17H2,1-2H3,(H,29,30)(H,31,33)/t24-,25+/m1/s1. The van der Waals surface area contributed by atoms with Crippen molar-refractivity contribution in [2.45, 2.75) is 38.9 Å². The highest BCUT2D eigenvalue weighted by molar-refractivity contribution is 6.01. The van der Waals surface area contributed by atoms with Crippen molar-refractivity contribution in [2.75, 3.05) is 0 Å². The maximum Gasteiger partial charge on any atom is 0.255 e. The Labute approximate surface area is 199 Å². The van der Waals surface area contributed by atoms with Crippen LogP contribution in [0.4, 0.5) is 0 Å². The third-order valence-electron chi connectivity index (χ3n) is 6.42. The van der Waals surface area contributed by atoms with Crippen molar-refractivity contribution in [1.29, 1.82) is 0 Å². The predicted octanol–water partition coefficient (Wildman–Crippen LogP) is 4.64. The highest BCUT2D eigenvalue weighted by Crippen LogP contribution is 2.28. The lowest BCUT2D eigenvalue weighted by atomic mass is 9.99. The van der Waals surface area contributed by atoms with Crippen LogP contribution in [0.1, 0.15) is 47.2 Å². The van der Waals surface area contributed by atoms with E-state index in [-0.39, 0.29) is 23.8 Å². The Morgan fingerprint density at radius 3 is 2.44 bits per heavy atom. The minimum atomic E-state index is -0.581. The van der Waals surface area contributed by atoms with Gasteiger partial charge in [0.2, 0.25) is 5.91 Å². The average molecular weight is 453 g/mol. The molecule has 0 fully saturated rings. The Kier molecular flexibility index (Phi) is 5.88. The molecule has 2 atom stereocenters. The first-order chi connectivity index (χ1) is 16.5. The van der Waals surface area contributed by atoms with Crippen molar-refractivity contribution >= 4 is 22.8 Å². The first-order valence-electron chi connectivity index (χ1n) is 11.7. The first kappa shape index (κ1) is 21.9. The zero-order valence-electron chi connectivity index (χ0n) is 19.4. The summed E-state index contributed by atoms with van der Waals surface area (Å²) < 4.78 is 0. The number of carbonyl (C=O) groups excluding carboxylic acids is 2. The maximum atomic E-state index is 13.7. The fourth-order valence-corrected chi connectivity index (χ4v) is 4.77. The zero-order valence-corrected chi connectivity index (χ0v) is 19.4. The fraction of sp³-hybridized carbons (Fsp3) is 0.250. The lowest BCUT2D eigenvalue weighted by Gasteiger charge is -2.31. The quantitative estimate of drug-likeness (QED) is 0.429. The molecule has 34 heavy (non-hydrogen) atoms. The van der Waals surface area contributed by atoms with Gasteiger partial charge in [0.15, 0.2) is 0 Å². The van der Waals surface area contributed by atoms with Crippen LogP contribution in [0.5, 0.6) is 0 Å². The first-order valence-corrected chi connectivity index (χ1v) is 11.7. The van der Waals surface area contributed by atoms with Gasteiger partial charge in [-0.1, -0.05) is 74.5 Å². The molecule has 0 unspecified atom stereocenters. The maximum absolute atomic E-state index is 13.7. The van der Waals surface area contributed by atoms with Crippen LogP contribution in [0.2, 0.25) is 0 Å². The SMILES string of the molecule is CC(C)[C@@H](C(=O)N[C@H](Cc1ccccc1)c1nc2ccccc2[nH]1)N1Cc2ccccc2C1=O. The Hall–Kier alpha value is -3.93. The lowest BCUT2D eigenvalue weighted by molar-refractivity contribution is -0.128. The van der Waals surface area contributed by atoms with Gasteiger partial charge < -0.3 is 15.2 Å². The molecule has 1 aliphatic rings. The molecule has 4 aromatic rings. The average Bonchev–Trinajstić information content (AvgIpc) is 3.41. The highest BCUT2D eigenvalue weighted by Gasteiger charge is 2.38. The van der Waals surface area contributed by atoms with E-state index in [4.69, 9.17) is 4.98 Å². The lowest BCUT2D eigenvalue weighted by Crippen LogP contribution is -2.51. The Morgan fingerprint density at radius 2 is 1.71 bits per heavy atom. The number of benzene rings is 3. The van der Waals surface area contributed by atoms with E-state index >= 15 is 0 Å². The molecule has 2 amide bonds. The number of amides is 2. The van der Waals surface area contributed by atoms with Gasteiger partial charge in [0.05, 0.1) is 17.1 Å². The van der Waals surface area contributed by atoms with Crippen LogP contribution in [0.3, 0.4) is 0 Å². The number of rotatable bonds is 7. The number of aromatic nitrogens is 2. The number of carbonyl (C=O) groups is 2. The summed E-state index contributed by atoms with van der Waals surface area (Å²) in [7, 11) is 0. The van der Waals surface area contributed by atoms with Gasteiger partial charge in [-0.2, -0.15) is 0 Å². The molecule has 0 aliphatic carbocycles. The molecule has 0 bridgehead atoms. The molecule has 5 rings (SSSR count). The summed E-state index contributed by atoms with van der Waals surface area (Å²) in [5.41, 5.74) is 4.52. The smallest absolute Gasteiger partial charge is 0.255 e. The number of nitrogens with zero attached hydrogens (tertiary/aromatic N) is 2. The molecule has 3 aromatic carbocycles. The van der Waals surface area contributed by atoms with E-state index in [1.807, 2.05) is 92.7 Å². The monoisotopic (exact) mass is 452 g/mol. The normalized spacial score (nSPS) is 14.9. The van der Waals surface area contributed by atoms with E-state index in [2.05, 4.69) is 10.3 Å². The van der Waals surface area contributed by atoms with E-state index in [1.54, 1.807) is 4.90 Å². The second kappa shape index (κ2) is 9.14. The topological polar surface area (TPSA) is 78.1 Å². The minimum absolute atomic E-state index is 0.0497. The summed E-state index contributed by atoms with van der Waals surface area (Å²) in [6.45, 7) is 4.40. The largest absolute Gasteiger partial charge is 0.344 e. The van der Waals surface area contributed by atoms with E-state index in [0.29, 0.717) is 24.4 Å². The Morgan fingerprint density at radius 1 is 1.00 bits per heavy atom. The number of aromatic amines is 1. The Balaban J connectivity index is 1.44. The van der Waals surface area contributed by atoms with Gasteiger partial charge in [0.25, 0.3) is 5.91 Å². The molecule has 2 heterocycles. The molecule has 6 heteroatoms. The third kappa shape index (κ3) is 4.19. The van der Waals surface area contributed by atoms with Crippen LogP contribution in [-0.4, -0.2) is 32.7 Å². The van der Waals surface area contributed by atoms with Crippen molar-refractivity contribution < 1.29 is 9.59 Å². The van der Waals surface area contributed by atoms with Crippen molar-refractivity contribution in [3.8, 4) is 0 Å². The number of hydrogen-bond donors (Lipinski definition) is 2. The van der Waals surface area contributed by atoms with Gasteiger partial charge in [-0.15, -0.1) is 0 Å². The molecule has 172 valence electrons. The van der Waals surface area contributed by atoms with Crippen molar-refractivity contribution in [3.63, 3.8) is 0 Å². The van der Waals surface area contributed by atoms with Crippen LogP contribution < -0.4 is 5.32 Å². The fourth-order valence-electron chi connectivity index (χ4n) is 4.77. The molecular formula is C28H28N4O2. The van der Waals surface area contributed by atoms with Gasteiger partial charge in [-0.25, -0.2) is 4.98 Å². The number of H-pyrrole nitrogens is 1.